The molecule has 2 bridgehead atoms. The van der Waals surface area contributed by atoms with E-state index in [-0.39, 0.29) is 12.5 Å². The number of hydrogen-bond donors (Lipinski definition) is 1. The molecule has 3 aliphatic heterocycles. The smallest absolute Gasteiger partial charge is 0.303 e. The van der Waals surface area contributed by atoms with E-state index in [1.54, 1.807) is 0 Å². The molecular weight excluding hydrogens is 236 g/mol. The third-order valence-corrected chi connectivity index (χ3v) is 3.61. The topological polar surface area (TPSA) is 82.7 Å². The van der Waals surface area contributed by atoms with Gasteiger partial charge < -0.3 is 9.63 Å². The molecule has 7 heteroatoms. The van der Waals surface area contributed by atoms with Gasteiger partial charge in [0.05, 0.1) is 12.5 Å². The van der Waals surface area contributed by atoms with Crippen molar-refractivity contribution < 1.29 is 14.4 Å². The van der Waals surface area contributed by atoms with Gasteiger partial charge in [0, 0.05) is 39.1 Å². The number of fused-ring (bicyclic) bond motifs is 3. The Kier molecular flexibility index (Phi) is 3.00. The highest BCUT2D eigenvalue weighted by molar-refractivity contribution is 5.66. The van der Waals surface area contributed by atoms with Crippen LogP contribution in [-0.4, -0.2) is 63.7 Å². The molecule has 0 saturated carbocycles. The second-order valence-corrected chi connectivity index (χ2v) is 4.79. The van der Waals surface area contributed by atoms with Gasteiger partial charge in [0.1, 0.15) is 0 Å². The Bertz CT molecular complexity index is 439. The highest BCUT2D eigenvalue weighted by atomic mass is 16.5. The fraction of sp³-hybridized carbons (Fsp3) is 0.727. The number of rotatable bonds is 4. The van der Waals surface area contributed by atoms with Crippen molar-refractivity contribution in [3.05, 3.63) is 11.7 Å². The third kappa shape index (κ3) is 2.23. The lowest BCUT2D eigenvalue weighted by Gasteiger charge is -2.46. The molecule has 0 spiro atoms. The summed E-state index contributed by atoms with van der Waals surface area (Å²) >= 11 is 0. The number of hydrogen-bond acceptors (Lipinski definition) is 6. The van der Waals surface area contributed by atoms with Crippen molar-refractivity contribution in [3.63, 3.8) is 0 Å². The van der Waals surface area contributed by atoms with Crippen molar-refractivity contribution in [3.8, 4) is 0 Å². The van der Waals surface area contributed by atoms with E-state index in [0.717, 1.165) is 32.7 Å². The van der Waals surface area contributed by atoms with E-state index in [9.17, 15) is 4.79 Å². The molecule has 98 valence electrons. The molecule has 0 radical (unpaired) electrons. The summed E-state index contributed by atoms with van der Waals surface area (Å²) in [6.07, 6.45) is 0.334. The summed E-state index contributed by atoms with van der Waals surface area (Å²) in [4.78, 5) is 19.6. The summed E-state index contributed by atoms with van der Waals surface area (Å²) in [6.45, 7) is 5.26. The van der Waals surface area contributed by atoms with Gasteiger partial charge in [-0.25, -0.2) is 0 Å². The average molecular weight is 252 g/mol. The maximum absolute atomic E-state index is 10.5. The van der Waals surface area contributed by atoms with Crippen LogP contribution < -0.4 is 0 Å². The van der Waals surface area contributed by atoms with Gasteiger partial charge in [0.15, 0.2) is 5.82 Å². The van der Waals surface area contributed by atoms with Crippen LogP contribution in [0.15, 0.2) is 4.52 Å². The van der Waals surface area contributed by atoms with Crippen molar-refractivity contribution in [2.75, 3.05) is 32.7 Å². The van der Waals surface area contributed by atoms with Gasteiger partial charge in [-0.05, 0) is 0 Å². The fourth-order valence-electron chi connectivity index (χ4n) is 2.58. The highest BCUT2D eigenvalue weighted by Gasteiger charge is 2.35. The Balaban J connectivity index is 1.67. The molecule has 18 heavy (non-hydrogen) atoms. The Hall–Kier alpha value is -1.47. The van der Waals surface area contributed by atoms with Gasteiger partial charge in [-0.3, -0.25) is 14.6 Å². The standard InChI is InChI=1S/C11H16N4O3/c16-10(17)2-1-9-12-11(13-18-9)8-7-14-3-5-15(8)6-4-14/h8H,1-7H2,(H,16,17). The van der Waals surface area contributed by atoms with E-state index in [2.05, 4.69) is 19.9 Å². The van der Waals surface area contributed by atoms with Crippen molar-refractivity contribution >= 4 is 5.97 Å². The summed E-state index contributed by atoms with van der Waals surface area (Å²) < 4.78 is 5.11. The first kappa shape index (κ1) is 11.6. The highest BCUT2D eigenvalue weighted by Crippen LogP contribution is 2.26. The second kappa shape index (κ2) is 4.66. The lowest BCUT2D eigenvalue weighted by molar-refractivity contribution is -0.137. The van der Waals surface area contributed by atoms with Crippen molar-refractivity contribution in [1.29, 1.82) is 0 Å². The predicted octanol–water partition coefficient (Wildman–Crippen LogP) is -0.241. The quantitative estimate of drug-likeness (QED) is 0.791. The molecule has 3 saturated heterocycles. The van der Waals surface area contributed by atoms with Crippen LogP contribution in [0, 0.1) is 0 Å². The van der Waals surface area contributed by atoms with Gasteiger partial charge >= 0.3 is 5.97 Å². The Labute approximate surface area is 104 Å². The normalized spacial score (nSPS) is 30.6. The van der Waals surface area contributed by atoms with E-state index >= 15 is 0 Å². The Morgan fingerprint density at radius 2 is 2.17 bits per heavy atom. The molecule has 7 nitrogen and oxygen atoms in total. The first-order valence-corrected chi connectivity index (χ1v) is 6.23. The van der Waals surface area contributed by atoms with E-state index < -0.39 is 5.97 Å². The number of carboxylic acid groups (broad SMARTS) is 1. The van der Waals surface area contributed by atoms with Crippen molar-refractivity contribution in [2.45, 2.75) is 18.9 Å². The minimum Gasteiger partial charge on any atom is -0.481 e. The maximum atomic E-state index is 10.5. The van der Waals surface area contributed by atoms with Crippen LogP contribution in [0.2, 0.25) is 0 Å². The lowest BCUT2D eigenvalue weighted by Crippen LogP contribution is -2.57. The zero-order valence-corrected chi connectivity index (χ0v) is 10.1. The molecule has 0 aliphatic carbocycles. The van der Waals surface area contributed by atoms with E-state index in [1.165, 1.54) is 0 Å². The molecule has 1 N–H and O–H groups in total. The summed E-state index contributed by atoms with van der Waals surface area (Å²) in [5.74, 6) is 0.270. The number of carboxylic acids is 1. The van der Waals surface area contributed by atoms with E-state index in [1.807, 2.05) is 0 Å². The monoisotopic (exact) mass is 252 g/mol. The summed E-state index contributed by atoms with van der Waals surface area (Å²) in [5.41, 5.74) is 0. The van der Waals surface area contributed by atoms with Crippen molar-refractivity contribution in [1.82, 2.24) is 19.9 Å². The first-order valence-electron chi connectivity index (χ1n) is 6.23. The number of nitrogens with zero attached hydrogens (tertiary/aromatic N) is 4. The van der Waals surface area contributed by atoms with E-state index in [4.69, 9.17) is 9.63 Å². The fourth-order valence-corrected chi connectivity index (χ4v) is 2.58. The molecule has 1 aromatic rings. The second-order valence-electron chi connectivity index (χ2n) is 4.79. The minimum atomic E-state index is -0.846. The number of aryl methyl sites for hydroxylation is 1. The average Bonchev–Trinajstić information content (AvgIpc) is 2.86. The van der Waals surface area contributed by atoms with Crippen LogP contribution in [0.4, 0.5) is 0 Å². The zero-order chi connectivity index (χ0) is 12.5. The molecule has 0 amide bonds. The number of carbonyl (C=O) groups is 1. The maximum Gasteiger partial charge on any atom is 0.303 e. The summed E-state index contributed by atoms with van der Waals surface area (Å²) in [6, 6.07) is 0.204. The molecule has 4 heterocycles. The minimum absolute atomic E-state index is 0.0299. The van der Waals surface area contributed by atoms with Gasteiger partial charge in [0.25, 0.3) is 0 Å². The number of aromatic nitrogens is 2. The van der Waals surface area contributed by atoms with Gasteiger partial charge in [-0.15, -0.1) is 0 Å². The van der Waals surface area contributed by atoms with Crippen LogP contribution >= 0.6 is 0 Å². The van der Waals surface area contributed by atoms with Crippen LogP contribution in [0.3, 0.4) is 0 Å². The van der Waals surface area contributed by atoms with Gasteiger partial charge in [-0.2, -0.15) is 4.98 Å². The molecule has 1 aromatic heterocycles. The molecule has 3 fully saturated rings. The summed E-state index contributed by atoms with van der Waals surface area (Å²) in [5, 5.41) is 12.6. The van der Waals surface area contributed by atoms with E-state index in [0.29, 0.717) is 18.1 Å². The number of piperazine rings is 3. The van der Waals surface area contributed by atoms with Crippen LogP contribution in [0.1, 0.15) is 24.2 Å². The molecule has 4 rings (SSSR count). The third-order valence-electron chi connectivity index (χ3n) is 3.61. The SMILES string of the molecule is O=C(O)CCc1nc(C2CN3CCN2CC3)no1. The Morgan fingerprint density at radius 1 is 1.39 bits per heavy atom. The molecular formula is C11H16N4O3. The summed E-state index contributed by atoms with van der Waals surface area (Å²) in [7, 11) is 0. The van der Waals surface area contributed by atoms with Crippen LogP contribution in [0.5, 0.6) is 0 Å². The van der Waals surface area contributed by atoms with Gasteiger partial charge in [-0.1, -0.05) is 5.16 Å². The molecule has 3 aliphatic rings. The van der Waals surface area contributed by atoms with Crippen LogP contribution in [0.25, 0.3) is 0 Å². The zero-order valence-electron chi connectivity index (χ0n) is 10.1. The predicted molar refractivity (Wildman–Crippen MR) is 61.0 cm³/mol. The number of aliphatic carboxylic acids is 1. The molecule has 1 atom stereocenters. The van der Waals surface area contributed by atoms with Crippen LogP contribution in [-0.2, 0) is 11.2 Å². The first-order chi connectivity index (χ1) is 8.72. The Morgan fingerprint density at radius 3 is 2.78 bits per heavy atom. The largest absolute Gasteiger partial charge is 0.481 e. The molecule has 0 aromatic carbocycles. The molecule has 1 unspecified atom stereocenters. The van der Waals surface area contributed by atoms with Gasteiger partial charge in [0.2, 0.25) is 5.89 Å². The lowest BCUT2D eigenvalue weighted by atomic mass is 10.1. The van der Waals surface area contributed by atoms with Crippen molar-refractivity contribution in [2.24, 2.45) is 0 Å².